The largest absolute Gasteiger partial charge is 0.330 e. The summed E-state index contributed by atoms with van der Waals surface area (Å²) in [4.78, 5) is 23.5. The highest BCUT2D eigenvalue weighted by Gasteiger charge is 2.20. The first-order valence-corrected chi connectivity index (χ1v) is 7.79. The third-order valence-electron chi connectivity index (χ3n) is 3.88. The van der Waals surface area contributed by atoms with E-state index in [1.165, 1.54) is 12.5 Å². The lowest BCUT2D eigenvalue weighted by Gasteiger charge is -2.17. The van der Waals surface area contributed by atoms with Gasteiger partial charge in [0.1, 0.15) is 6.04 Å². The minimum Gasteiger partial charge on any atom is -0.330 e. The number of benzene rings is 2. The van der Waals surface area contributed by atoms with Gasteiger partial charge in [0.25, 0.3) is 5.91 Å². The molecule has 120 valence electrons. The molecule has 0 fully saturated rings. The zero-order chi connectivity index (χ0) is 16.8. The van der Waals surface area contributed by atoms with E-state index in [1.54, 1.807) is 24.3 Å². The van der Waals surface area contributed by atoms with E-state index in [0.717, 1.165) is 0 Å². The van der Waals surface area contributed by atoms with E-state index in [9.17, 15) is 9.59 Å². The summed E-state index contributed by atoms with van der Waals surface area (Å²) >= 11 is 0. The summed E-state index contributed by atoms with van der Waals surface area (Å²) in [5.74, 6) is -0.0374. The topological polar surface area (TPSA) is 62.8 Å². The van der Waals surface area contributed by atoms with Crippen LogP contribution in [0.4, 0.5) is 5.69 Å². The Morgan fingerprint density at radius 3 is 2.13 bits per heavy atom. The highest BCUT2D eigenvalue weighted by atomic mass is 16.2. The molecule has 4 nitrogen and oxygen atoms in total. The molecule has 2 rings (SSSR count). The average molecular weight is 311 g/mol. The minimum atomic E-state index is -0.210. The molecule has 0 bridgehead atoms. The number of rotatable bonds is 6. The maximum absolute atomic E-state index is 12.3. The molecule has 0 aliphatic carbocycles. The summed E-state index contributed by atoms with van der Waals surface area (Å²) in [7, 11) is 0. The number of hydrogen-bond donors (Lipinski definition) is 2. The lowest BCUT2D eigenvalue weighted by Crippen LogP contribution is -2.91. The lowest BCUT2D eigenvalue weighted by atomic mass is 10.1. The van der Waals surface area contributed by atoms with Crippen molar-refractivity contribution < 1.29 is 14.9 Å². The Bertz CT molecular complexity index is 666. The Kier molecular flexibility index (Phi) is 5.66. The molecule has 2 aromatic carbocycles. The number of carbonyl (C=O) groups is 2. The maximum Gasteiger partial charge on any atom is 0.282 e. The summed E-state index contributed by atoms with van der Waals surface area (Å²) in [6.07, 6.45) is 0. The van der Waals surface area contributed by atoms with Crippen LogP contribution in [-0.2, 0) is 4.79 Å². The normalized spacial score (nSPS) is 13.2. The third-order valence-corrected chi connectivity index (χ3v) is 3.88. The monoisotopic (exact) mass is 311 g/mol. The molecular weight excluding hydrogens is 288 g/mol. The van der Waals surface area contributed by atoms with Crippen LogP contribution in [0.3, 0.4) is 0 Å². The fourth-order valence-electron chi connectivity index (χ4n) is 2.43. The molecular formula is C19H23N2O2+. The van der Waals surface area contributed by atoms with Gasteiger partial charge in [0.05, 0.1) is 0 Å². The van der Waals surface area contributed by atoms with Crippen LogP contribution in [0, 0.1) is 0 Å². The number of nitrogens with one attached hydrogen (secondary N) is 1. The van der Waals surface area contributed by atoms with Crippen LogP contribution >= 0.6 is 0 Å². The maximum atomic E-state index is 12.3. The fraction of sp³-hybridized carbons (Fsp3) is 0.263. The summed E-state index contributed by atoms with van der Waals surface area (Å²) in [5.41, 5.74) is 2.53. The smallest absolute Gasteiger partial charge is 0.282 e. The molecule has 2 aromatic rings. The first-order valence-electron chi connectivity index (χ1n) is 7.79. The second kappa shape index (κ2) is 7.70. The van der Waals surface area contributed by atoms with Crippen molar-refractivity contribution in [1.82, 2.24) is 0 Å². The Labute approximate surface area is 136 Å². The number of hydrogen-bond acceptors (Lipinski definition) is 2. The van der Waals surface area contributed by atoms with Crippen LogP contribution in [0.25, 0.3) is 0 Å². The molecule has 1 amide bonds. The van der Waals surface area contributed by atoms with Gasteiger partial charge in [0.2, 0.25) is 0 Å². The average Bonchev–Trinajstić information content (AvgIpc) is 2.56. The van der Waals surface area contributed by atoms with E-state index in [0.29, 0.717) is 11.3 Å². The zero-order valence-electron chi connectivity index (χ0n) is 13.7. The SMILES string of the molecule is CC(=O)c1ccc(NC(=O)[C@H](C)[NH2+][C@H](C)c2ccccc2)cc1. The van der Waals surface area contributed by atoms with Crippen molar-refractivity contribution in [2.45, 2.75) is 32.9 Å². The van der Waals surface area contributed by atoms with Gasteiger partial charge in [-0.25, -0.2) is 0 Å². The van der Waals surface area contributed by atoms with Gasteiger partial charge < -0.3 is 10.6 Å². The fourth-order valence-corrected chi connectivity index (χ4v) is 2.43. The second-order valence-electron chi connectivity index (χ2n) is 5.80. The standard InChI is InChI=1S/C19H22N2O2/c1-13(16-7-5-4-6-8-16)20-14(2)19(23)21-18-11-9-17(10-12-18)15(3)22/h4-14,20H,1-3H3,(H,21,23)/p+1/t13-,14+/m1/s1. The number of ketones is 1. The summed E-state index contributed by atoms with van der Waals surface area (Å²) < 4.78 is 0. The van der Waals surface area contributed by atoms with Gasteiger partial charge >= 0.3 is 0 Å². The summed E-state index contributed by atoms with van der Waals surface area (Å²) in [6.45, 7) is 5.50. The molecule has 0 saturated heterocycles. The minimum absolute atomic E-state index is 0.0151. The van der Waals surface area contributed by atoms with Crippen molar-refractivity contribution in [2.24, 2.45) is 0 Å². The van der Waals surface area contributed by atoms with Crippen LogP contribution in [-0.4, -0.2) is 17.7 Å². The number of carbonyl (C=O) groups excluding carboxylic acids is 2. The summed E-state index contributed by atoms with van der Waals surface area (Å²) in [6, 6.07) is 17.1. The Morgan fingerprint density at radius 2 is 1.57 bits per heavy atom. The van der Waals surface area contributed by atoms with Crippen molar-refractivity contribution in [2.75, 3.05) is 5.32 Å². The van der Waals surface area contributed by atoms with Gasteiger partial charge in [-0.3, -0.25) is 9.59 Å². The van der Waals surface area contributed by atoms with Crippen LogP contribution < -0.4 is 10.6 Å². The molecule has 2 atom stereocenters. The molecule has 4 heteroatoms. The third kappa shape index (κ3) is 4.76. The molecule has 0 spiro atoms. The predicted molar refractivity (Wildman–Crippen MR) is 91.3 cm³/mol. The molecule has 0 unspecified atom stereocenters. The molecule has 0 heterocycles. The number of nitrogens with two attached hydrogens (primary N) is 1. The van der Waals surface area contributed by atoms with Crippen LogP contribution in [0.5, 0.6) is 0 Å². The van der Waals surface area contributed by atoms with E-state index in [-0.39, 0.29) is 23.8 Å². The van der Waals surface area contributed by atoms with E-state index in [4.69, 9.17) is 0 Å². The highest BCUT2D eigenvalue weighted by Crippen LogP contribution is 2.11. The van der Waals surface area contributed by atoms with Gasteiger partial charge in [-0.15, -0.1) is 0 Å². The van der Waals surface area contributed by atoms with E-state index in [2.05, 4.69) is 24.4 Å². The van der Waals surface area contributed by atoms with E-state index < -0.39 is 0 Å². The number of anilines is 1. The lowest BCUT2D eigenvalue weighted by molar-refractivity contribution is -0.709. The van der Waals surface area contributed by atoms with Crippen LogP contribution in [0.15, 0.2) is 54.6 Å². The van der Waals surface area contributed by atoms with Gasteiger partial charge in [-0.2, -0.15) is 0 Å². The first-order chi connectivity index (χ1) is 11.0. The Hall–Kier alpha value is -2.46. The van der Waals surface area contributed by atoms with Gasteiger partial charge in [0, 0.05) is 16.8 Å². The molecule has 0 aromatic heterocycles. The molecule has 0 radical (unpaired) electrons. The summed E-state index contributed by atoms with van der Waals surface area (Å²) in [5, 5.41) is 4.92. The molecule has 0 saturated carbocycles. The first kappa shape index (κ1) is 16.9. The molecule has 23 heavy (non-hydrogen) atoms. The van der Waals surface area contributed by atoms with Crippen LogP contribution in [0.2, 0.25) is 0 Å². The van der Waals surface area contributed by atoms with Gasteiger partial charge in [-0.1, -0.05) is 30.3 Å². The quantitative estimate of drug-likeness (QED) is 0.805. The van der Waals surface area contributed by atoms with Gasteiger partial charge in [-0.05, 0) is 45.0 Å². The molecule has 0 aliphatic rings. The van der Waals surface area contributed by atoms with Gasteiger partial charge in [0.15, 0.2) is 11.8 Å². The number of quaternary nitrogens is 1. The Morgan fingerprint density at radius 1 is 0.957 bits per heavy atom. The van der Waals surface area contributed by atoms with E-state index >= 15 is 0 Å². The second-order valence-corrected chi connectivity index (χ2v) is 5.80. The van der Waals surface area contributed by atoms with Crippen molar-refractivity contribution in [3.63, 3.8) is 0 Å². The zero-order valence-corrected chi connectivity index (χ0v) is 13.7. The van der Waals surface area contributed by atoms with Crippen molar-refractivity contribution >= 4 is 17.4 Å². The predicted octanol–water partition coefficient (Wildman–Crippen LogP) is 2.54. The van der Waals surface area contributed by atoms with Crippen molar-refractivity contribution in [3.8, 4) is 0 Å². The van der Waals surface area contributed by atoms with E-state index in [1.807, 2.05) is 30.4 Å². The number of Topliss-reactive ketones (excluding diaryl/α,β-unsaturated/α-hetero) is 1. The highest BCUT2D eigenvalue weighted by molar-refractivity contribution is 5.96. The molecule has 3 N–H and O–H groups in total. The number of amides is 1. The van der Waals surface area contributed by atoms with Crippen LogP contribution in [0.1, 0.15) is 42.7 Å². The molecule has 0 aliphatic heterocycles. The van der Waals surface area contributed by atoms with Crippen molar-refractivity contribution in [3.05, 3.63) is 65.7 Å². The van der Waals surface area contributed by atoms with Crippen molar-refractivity contribution in [1.29, 1.82) is 0 Å². The Balaban J connectivity index is 1.93.